The maximum absolute atomic E-state index is 16.2. The number of carbonyl (C=O) groups is 3. The normalized spacial score (nSPS) is 17.2. The Labute approximate surface area is 455 Å². The Morgan fingerprint density at radius 3 is 2.36 bits per heavy atom. The molecule has 18 nitrogen and oxygen atoms in total. The molecule has 420 valence electrons. The second kappa shape index (κ2) is 26.7. The predicted molar refractivity (Wildman–Crippen MR) is 292 cm³/mol. The number of methoxy groups -OCH3 is 2. The molecule has 4 aliphatic rings. The summed E-state index contributed by atoms with van der Waals surface area (Å²) in [7, 11) is 6.74. The van der Waals surface area contributed by atoms with Crippen molar-refractivity contribution < 1.29 is 51.3 Å². The van der Waals surface area contributed by atoms with Crippen LogP contribution >= 0.6 is 11.6 Å². The van der Waals surface area contributed by atoms with E-state index in [0.717, 1.165) is 22.6 Å². The highest BCUT2D eigenvalue weighted by Crippen LogP contribution is 2.47. The lowest BCUT2D eigenvalue weighted by Gasteiger charge is -2.43. The molecule has 0 saturated carbocycles. The smallest absolute Gasteiger partial charge is 0.418 e. The first-order valence-electron chi connectivity index (χ1n) is 25.5. The molecule has 2 saturated heterocycles. The van der Waals surface area contributed by atoms with Gasteiger partial charge in [0.2, 0.25) is 5.91 Å². The summed E-state index contributed by atoms with van der Waals surface area (Å²) in [6.45, 7) is 14.2. The summed E-state index contributed by atoms with van der Waals surface area (Å²) >= 11 is 6.48. The zero-order valence-corrected chi connectivity index (χ0v) is 45.9. The zero-order chi connectivity index (χ0) is 57.2. The SMILES string of the molecule is CC.CCc1c2c(nc3ccc(OC=O)cc13)-c1cc(C(O)C=O)c(COC)c(=O)n1C2.CN1CCCC1.CNC/C=C/C(=O)N1CCN(C2N=C(OC)Nc3c2cc(Cl)c(-c2nc(N)cc(C)c2C(F)(F)F)c3F)C(C)C1. The number of nitrogens with one attached hydrogen (secondary N) is 2. The van der Waals surface area contributed by atoms with E-state index in [9.17, 15) is 37.5 Å². The van der Waals surface area contributed by atoms with Gasteiger partial charge in [-0.15, -0.1) is 0 Å². The number of likely N-dealkylation sites (N-methyl/N-ethyl adjacent to an activating group) is 1. The maximum Gasteiger partial charge on any atom is 0.418 e. The number of aldehydes is 1. The molecule has 0 bridgehead atoms. The molecule has 5 aromatic rings. The molecule has 7 heterocycles. The van der Waals surface area contributed by atoms with Crippen molar-refractivity contribution in [2.75, 3.05) is 78.6 Å². The number of anilines is 2. The molecule has 2 fully saturated rings. The van der Waals surface area contributed by atoms with Crippen molar-refractivity contribution in [1.82, 2.24) is 34.6 Å². The number of hydrogen-bond donors (Lipinski definition) is 4. The average molecular weight is 1110 g/mol. The first-order valence-corrected chi connectivity index (χ1v) is 25.9. The number of amides is 1. The van der Waals surface area contributed by atoms with Crippen LogP contribution in [0.3, 0.4) is 0 Å². The number of ether oxygens (including phenoxy) is 3. The van der Waals surface area contributed by atoms with Gasteiger partial charge in [0.1, 0.15) is 23.8 Å². The number of nitrogens with two attached hydrogens (primary N) is 1. The summed E-state index contributed by atoms with van der Waals surface area (Å²) in [6.07, 6.45) is 0.106. The first-order chi connectivity index (χ1) is 37.3. The Kier molecular flexibility index (Phi) is 20.7. The van der Waals surface area contributed by atoms with Gasteiger partial charge in [0.25, 0.3) is 18.1 Å². The molecule has 2 aromatic carbocycles. The van der Waals surface area contributed by atoms with E-state index < -0.39 is 41.1 Å². The van der Waals surface area contributed by atoms with E-state index in [1.807, 2.05) is 32.6 Å². The third kappa shape index (κ3) is 13.0. The van der Waals surface area contributed by atoms with E-state index in [-0.39, 0.29) is 63.4 Å². The summed E-state index contributed by atoms with van der Waals surface area (Å²) < 4.78 is 75.3. The molecule has 1 amide bonds. The van der Waals surface area contributed by atoms with Gasteiger partial charge in [-0.25, -0.2) is 19.4 Å². The fourth-order valence-corrected chi connectivity index (χ4v) is 10.3. The van der Waals surface area contributed by atoms with Gasteiger partial charge in [0.15, 0.2) is 12.1 Å². The Balaban J connectivity index is 0.000000227. The Hall–Kier alpha value is -6.82. The van der Waals surface area contributed by atoms with Crippen LogP contribution in [0, 0.1) is 12.7 Å². The number of carbonyl (C=O) groups excluding carboxylic acids is 3. The number of likely N-dealkylation sites (tertiary alicyclic amines) is 1. The molecule has 4 aliphatic heterocycles. The molecular weight excluding hydrogens is 1040 g/mol. The van der Waals surface area contributed by atoms with Crippen molar-refractivity contribution in [1.29, 1.82) is 0 Å². The first kappa shape index (κ1) is 60.4. The second-order valence-corrected chi connectivity index (χ2v) is 19.0. The number of alkyl halides is 3. The highest BCUT2D eigenvalue weighted by Gasteiger charge is 2.41. The van der Waals surface area contributed by atoms with Crippen molar-refractivity contribution in [3.8, 4) is 28.4 Å². The van der Waals surface area contributed by atoms with Crippen LogP contribution in [0.5, 0.6) is 5.75 Å². The summed E-state index contributed by atoms with van der Waals surface area (Å²) in [5, 5.41) is 16.4. The van der Waals surface area contributed by atoms with E-state index in [1.165, 1.54) is 59.2 Å². The van der Waals surface area contributed by atoms with Crippen LogP contribution in [0.1, 0.15) is 91.8 Å². The number of nitrogen functional groups attached to an aromatic ring is 1. The minimum atomic E-state index is -4.84. The van der Waals surface area contributed by atoms with Gasteiger partial charge in [0, 0.05) is 73.0 Å². The number of nitrogens with zero attached hydrogens (tertiary/aromatic N) is 7. The number of hydrogen-bond acceptors (Lipinski definition) is 16. The number of aliphatic hydroxyl groups is 1. The zero-order valence-electron chi connectivity index (χ0n) is 45.2. The van der Waals surface area contributed by atoms with Crippen LogP contribution in [0.2, 0.25) is 5.02 Å². The molecular formula is C55H67ClF4N10O8. The topological polar surface area (TPSA) is 219 Å². The van der Waals surface area contributed by atoms with Crippen molar-refractivity contribution in [3.05, 3.63) is 109 Å². The van der Waals surface area contributed by atoms with Gasteiger partial charge >= 0.3 is 6.18 Å². The fraction of sp³-hybridized carbons (Fsp3) is 0.436. The molecule has 78 heavy (non-hydrogen) atoms. The monoisotopic (exact) mass is 1110 g/mol. The van der Waals surface area contributed by atoms with Gasteiger partial charge in [-0.05, 0) is 108 Å². The van der Waals surface area contributed by atoms with Crippen LogP contribution in [-0.4, -0.2) is 133 Å². The predicted octanol–water partition coefficient (Wildman–Crippen LogP) is 7.83. The van der Waals surface area contributed by atoms with Crippen molar-refractivity contribution in [3.63, 3.8) is 0 Å². The van der Waals surface area contributed by atoms with E-state index in [0.29, 0.717) is 80.1 Å². The molecule has 0 spiro atoms. The molecule has 3 aromatic heterocycles. The molecule has 23 heteroatoms. The van der Waals surface area contributed by atoms with E-state index in [2.05, 4.69) is 32.6 Å². The molecule has 3 unspecified atom stereocenters. The number of aryl methyl sites for hydroxylation is 2. The largest absolute Gasteiger partial charge is 0.468 e. The number of fused-ring (bicyclic) bond motifs is 5. The maximum atomic E-state index is 16.2. The lowest BCUT2D eigenvalue weighted by Crippen LogP contribution is -2.54. The third-order valence-corrected chi connectivity index (χ3v) is 13.9. The van der Waals surface area contributed by atoms with Gasteiger partial charge in [-0.3, -0.25) is 19.3 Å². The standard InChI is InChI=1S/C26H30ClF4N7O2.C22H20N2O6.C5H11N.C2H6/c1-13-10-17(32)34-23(20(13)26(29,30)31)19-16(27)11-15-22(21(19)28)35-25(40-4)36-24(15)38-9-8-37(12-14(38)2)18(39)6-5-7-33-3;1-3-13-14-6-12(30-11-26)4-5-18(14)23-21-16(13)8-24-19(21)7-15(20(27)9-25)17(10-29-2)22(24)28;1-6-4-2-3-5-6;1-2/h5-6,10-11,14,24,33H,7-9,12H2,1-4H3,(H2,32,34)(H,35,36);4-7,9,11,20,27H,3,8,10H2,1-2H3;2-5H2,1H3;1-2H3/b6-5+;;;. The number of piperazine rings is 1. The number of benzene rings is 2. The Bertz CT molecular complexity index is 3130. The van der Waals surface area contributed by atoms with Crippen molar-refractivity contribution in [2.45, 2.75) is 91.5 Å². The van der Waals surface area contributed by atoms with Crippen LogP contribution in [0.25, 0.3) is 33.5 Å². The van der Waals surface area contributed by atoms with Crippen LogP contribution < -0.4 is 26.7 Å². The van der Waals surface area contributed by atoms with E-state index in [4.69, 9.17) is 36.5 Å². The number of pyridine rings is 3. The minimum Gasteiger partial charge on any atom is -0.468 e. The van der Waals surface area contributed by atoms with E-state index in [1.54, 1.807) is 46.9 Å². The summed E-state index contributed by atoms with van der Waals surface area (Å²) in [6, 6.07) is 9.04. The van der Waals surface area contributed by atoms with Gasteiger partial charge in [0.05, 0.1) is 64.7 Å². The number of halogens is 5. The second-order valence-electron chi connectivity index (χ2n) is 18.6. The average Bonchev–Trinajstić information content (AvgIpc) is 4.20. The summed E-state index contributed by atoms with van der Waals surface area (Å²) in [5.74, 6) is -0.963. The van der Waals surface area contributed by atoms with Gasteiger partial charge in [-0.2, -0.15) is 13.2 Å². The molecule has 3 atom stereocenters. The van der Waals surface area contributed by atoms with Crippen molar-refractivity contribution >= 4 is 58.7 Å². The molecule has 0 aliphatic carbocycles. The minimum absolute atomic E-state index is 0.0157. The molecule has 9 rings (SSSR count). The van der Waals surface area contributed by atoms with Crippen LogP contribution in [0.4, 0.5) is 29.1 Å². The number of aliphatic imine (C=N–C) groups is 1. The van der Waals surface area contributed by atoms with Crippen molar-refractivity contribution in [2.24, 2.45) is 4.99 Å². The fourth-order valence-electron chi connectivity index (χ4n) is 10.0. The lowest BCUT2D eigenvalue weighted by atomic mass is 9.96. The van der Waals surface area contributed by atoms with Gasteiger partial charge in [-0.1, -0.05) is 38.4 Å². The van der Waals surface area contributed by atoms with Crippen LogP contribution in [0.15, 0.2) is 58.3 Å². The number of aliphatic hydroxyl groups excluding tert-OH is 1. The summed E-state index contributed by atoms with van der Waals surface area (Å²) in [4.78, 5) is 66.8. The van der Waals surface area contributed by atoms with E-state index >= 15 is 4.39 Å². The summed E-state index contributed by atoms with van der Waals surface area (Å²) in [5.41, 5.74) is 7.28. The number of aromatic nitrogens is 3. The number of rotatable bonds is 12. The Morgan fingerprint density at radius 2 is 1.77 bits per heavy atom. The quantitative estimate of drug-likeness (QED) is 0.0522. The lowest BCUT2D eigenvalue weighted by molar-refractivity contribution is -0.137. The highest BCUT2D eigenvalue weighted by atomic mass is 35.5. The third-order valence-electron chi connectivity index (χ3n) is 13.6. The molecule has 0 radical (unpaired) electrons. The highest BCUT2D eigenvalue weighted by molar-refractivity contribution is 6.33. The molecule has 5 N–H and O–H groups in total. The van der Waals surface area contributed by atoms with Crippen LogP contribution in [-0.2, 0) is 49.6 Å². The Morgan fingerprint density at radius 1 is 1.05 bits per heavy atom. The number of amidine groups is 1. The van der Waals surface area contributed by atoms with Gasteiger partial charge < -0.3 is 54.8 Å².